The average molecular weight is 201 g/mol. The van der Waals surface area contributed by atoms with Gasteiger partial charge in [0, 0.05) is 11.6 Å². The van der Waals surface area contributed by atoms with E-state index in [-0.39, 0.29) is 5.56 Å². The van der Waals surface area contributed by atoms with Gasteiger partial charge in [0.15, 0.2) is 11.6 Å². The van der Waals surface area contributed by atoms with Crippen molar-refractivity contribution in [2.45, 2.75) is 6.42 Å². The Labute approximate surface area is 80.0 Å². The predicted octanol–water partition coefficient (Wildman–Crippen LogP) is 2.47. The molecule has 0 saturated heterocycles. The van der Waals surface area contributed by atoms with Crippen LogP contribution < -0.4 is 5.73 Å². The van der Waals surface area contributed by atoms with Gasteiger partial charge in [0.05, 0.1) is 0 Å². The van der Waals surface area contributed by atoms with E-state index < -0.39 is 17.5 Å². The number of hydrogen-bond donors (Lipinski definition) is 1. The lowest BCUT2D eigenvalue weighted by atomic mass is 10.1. The Hall–Kier alpha value is -1.29. The zero-order valence-corrected chi connectivity index (χ0v) is 7.43. The molecule has 14 heavy (non-hydrogen) atoms. The van der Waals surface area contributed by atoms with Gasteiger partial charge < -0.3 is 5.73 Å². The van der Waals surface area contributed by atoms with E-state index in [9.17, 15) is 13.2 Å². The zero-order valence-electron chi connectivity index (χ0n) is 7.43. The van der Waals surface area contributed by atoms with Crippen molar-refractivity contribution in [3.05, 3.63) is 41.2 Å². The molecule has 0 aliphatic rings. The lowest BCUT2D eigenvalue weighted by molar-refractivity contribution is 0.494. The van der Waals surface area contributed by atoms with Crippen molar-refractivity contribution in [1.29, 1.82) is 0 Å². The Morgan fingerprint density at radius 2 is 1.71 bits per heavy atom. The Kier molecular flexibility index (Phi) is 3.71. The third-order valence-corrected chi connectivity index (χ3v) is 1.67. The quantitative estimate of drug-likeness (QED) is 0.747. The molecule has 1 rings (SSSR count). The molecule has 0 aliphatic carbocycles. The number of nitrogens with two attached hydrogens (primary N) is 1. The van der Waals surface area contributed by atoms with E-state index in [4.69, 9.17) is 5.73 Å². The highest BCUT2D eigenvalue weighted by atomic mass is 19.2. The second-order valence-corrected chi connectivity index (χ2v) is 2.77. The van der Waals surface area contributed by atoms with Crippen molar-refractivity contribution in [3.8, 4) is 0 Å². The third kappa shape index (κ3) is 2.60. The average Bonchev–Trinajstić information content (AvgIpc) is 2.14. The summed E-state index contributed by atoms with van der Waals surface area (Å²) in [5.41, 5.74) is 5.23. The maximum Gasteiger partial charge on any atom is 0.161 e. The normalized spacial score (nSPS) is 11.1. The van der Waals surface area contributed by atoms with E-state index in [2.05, 4.69) is 0 Å². The minimum Gasteiger partial charge on any atom is -0.330 e. The van der Waals surface area contributed by atoms with Crippen LogP contribution in [0.15, 0.2) is 18.2 Å². The van der Waals surface area contributed by atoms with Crippen LogP contribution in [0.3, 0.4) is 0 Å². The molecule has 76 valence electrons. The molecule has 0 atom stereocenters. The van der Waals surface area contributed by atoms with Gasteiger partial charge >= 0.3 is 0 Å². The smallest absolute Gasteiger partial charge is 0.161 e. The molecule has 2 N–H and O–H groups in total. The van der Waals surface area contributed by atoms with E-state index in [1.807, 2.05) is 0 Å². The van der Waals surface area contributed by atoms with Gasteiger partial charge in [-0.25, -0.2) is 13.2 Å². The molecule has 0 amide bonds. The van der Waals surface area contributed by atoms with Gasteiger partial charge in [-0.15, -0.1) is 0 Å². The van der Waals surface area contributed by atoms with E-state index in [0.717, 1.165) is 6.07 Å². The van der Waals surface area contributed by atoms with Gasteiger partial charge in [-0.2, -0.15) is 0 Å². The summed E-state index contributed by atoms with van der Waals surface area (Å²) in [4.78, 5) is 0. The van der Waals surface area contributed by atoms with Gasteiger partial charge in [-0.1, -0.05) is 12.2 Å². The van der Waals surface area contributed by atoms with Crippen LogP contribution >= 0.6 is 0 Å². The standard InChI is InChI=1S/C10H10F3N/c11-8-6-10(13)9(12)5-7(8)3-1-2-4-14/h1,3,5-6H,2,4,14H2/b3-1+. The first-order valence-corrected chi connectivity index (χ1v) is 4.16. The van der Waals surface area contributed by atoms with Crippen LogP contribution in [0.2, 0.25) is 0 Å². The van der Waals surface area contributed by atoms with Crippen molar-refractivity contribution >= 4 is 6.08 Å². The van der Waals surface area contributed by atoms with E-state index in [0.29, 0.717) is 19.0 Å². The molecule has 0 fully saturated rings. The summed E-state index contributed by atoms with van der Waals surface area (Å²) in [5, 5.41) is 0. The third-order valence-electron chi connectivity index (χ3n) is 1.67. The summed E-state index contributed by atoms with van der Waals surface area (Å²) < 4.78 is 38.1. The molecule has 0 unspecified atom stereocenters. The minimum atomic E-state index is -1.18. The summed E-state index contributed by atoms with van der Waals surface area (Å²) in [7, 11) is 0. The second kappa shape index (κ2) is 4.81. The fourth-order valence-corrected chi connectivity index (χ4v) is 0.972. The van der Waals surface area contributed by atoms with Crippen molar-refractivity contribution in [1.82, 2.24) is 0 Å². The Balaban J connectivity index is 2.92. The first-order chi connectivity index (χ1) is 6.65. The largest absolute Gasteiger partial charge is 0.330 e. The minimum absolute atomic E-state index is 0.0253. The molecule has 0 saturated carbocycles. The fourth-order valence-electron chi connectivity index (χ4n) is 0.972. The summed E-state index contributed by atoms with van der Waals surface area (Å²) in [5.74, 6) is -3.02. The molecule has 0 bridgehead atoms. The van der Waals surface area contributed by atoms with Gasteiger partial charge in [0.1, 0.15) is 5.82 Å². The number of rotatable bonds is 3. The molecule has 1 aromatic carbocycles. The highest BCUT2D eigenvalue weighted by molar-refractivity contribution is 5.50. The maximum atomic E-state index is 13.0. The molecule has 0 spiro atoms. The van der Waals surface area contributed by atoms with Gasteiger partial charge in [-0.05, 0) is 19.0 Å². The molecule has 1 nitrogen and oxygen atoms in total. The number of hydrogen-bond acceptors (Lipinski definition) is 1. The first-order valence-electron chi connectivity index (χ1n) is 4.16. The molecular formula is C10H10F3N. The van der Waals surface area contributed by atoms with Crippen LogP contribution in [0, 0.1) is 17.5 Å². The molecule has 0 radical (unpaired) electrons. The van der Waals surface area contributed by atoms with Crippen molar-refractivity contribution < 1.29 is 13.2 Å². The van der Waals surface area contributed by atoms with Gasteiger partial charge in [-0.3, -0.25) is 0 Å². The highest BCUT2D eigenvalue weighted by Crippen LogP contribution is 2.14. The predicted molar refractivity (Wildman–Crippen MR) is 49.0 cm³/mol. The molecule has 1 aromatic rings. The van der Waals surface area contributed by atoms with Crippen LogP contribution in [0.1, 0.15) is 12.0 Å². The van der Waals surface area contributed by atoms with E-state index in [1.54, 1.807) is 6.08 Å². The summed E-state index contributed by atoms with van der Waals surface area (Å²) in [6.07, 6.45) is 3.55. The van der Waals surface area contributed by atoms with Crippen molar-refractivity contribution in [3.63, 3.8) is 0 Å². The number of halogens is 3. The highest BCUT2D eigenvalue weighted by Gasteiger charge is 2.06. The first kappa shape index (κ1) is 10.8. The fraction of sp³-hybridized carbons (Fsp3) is 0.200. The van der Waals surface area contributed by atoms with Crippen LogP contribution in [0.5, 0.6) is 0 Å². The van der Waals surface area contributed by atoms with E-state index in [1.165, 1.54) is 6.08 Å². The summed E-state index contributed by atoms with van der Waals surface area (Å²) in [6, 6.07) is 1.34. The Bertz CT molecular complexity index is 347. The van der Waals surface area contributed by atoms with Crippen LogP contribution in [-0.2, 0) is 0 Å². The van der Waals surface area contributed by atoms with E-state index >= 15 is 0 Å². The van der Waals surface area contributed by atoms with Crippen LogP contribution in [-0.4, -0.2) is 6.54 Å². The van der Waals surface area contributed by atoms with Crippen LogP contribution in [0.4, 0.5) is 13.2 Å². The molecule has 0 heterocycles. The van der Waals surface area contributed by atoms with Gasteiger partial charge in [0.2, 0.25) is 0 Å². The molecule has 0 aromatic heterocycles. The van der Waals surface area contributed by atoms with Crippen LogP contribution in [0.25, 0.3) is 6.08 Å². The molecular weight excluding hydrogens is 191 g/mol. The summed E-state index contributed by atoms with van der Waals surface area (Å²) >= 11 is 0. The molecule has 0 aliphatic heterocycles. The Morgan fingerprint density at radius 1 is 1.07 bits per heavy atom. The monoisotopic (exact) mass is 201 g/mol. The Morgan fingerprint density at radius 3 is 2.36 bits per heavy atom. The van der Waals surface area contributed by atoms with Gasteiger partial charge in [0.25, 0.3) is 0 Å². The number of benzene rings is 1. The maximum absolute atomic E-state index is 13.0. The lowest BCUT2D eigenvalue weighted by Gasteiger charge is -1.98. The SMILES string of the molecule is NCC/C=C/c1cc(F)c(F)cc1F. The second-order valence-electron chi connectivity index (χ2n) is 2.77. The van der Waals surface area contributed by atoms with Crippen molar-refractivity contribution in [2.75, 3.05) is 6.54 Å². The van der Waals surface area contributed by atoms with Crippen molar-refractivity contribution in [2.24, 2.45) is 5.73 Å². The zero-order chi connectivity index (χ0) is 10.6. The topological polar surface area (TPSA) is 26.0 Å². The summed E-state index contributed by atoms with van der Waals surface area (Å²) in [6.45, 7) is 0.432. The lowest BCUT2D eigenvalue weighted by Crippen LogP contribution is -1.95. The molecule has 4 heteroatoms.